The average molecular weight is 297 g/mol. The van der Waals surface area contributed by atoms with Crippen LogP contribution in [0.5, 0.6) is 0 Å². The number of hydrogen-bond acceptors (Lipinski definition) is 3. The Balaban J connectivity index is 1.93. The minimum atomic E-state index is -0.903. The molecule has 0 aromatic rings. The van der Waals surface area contributed by atoms with Crippen LogP contribution >= 0.6 is 0 Å². The predicted octanol–water partition coefficient (Wildman–Crippen LogP) is 0.169. The Hall–Kier alpha value is -1.79. The van der Waals surface area contributed by atoms with Gasteiger partial charge in [-0.25, -0.2) is 4.79 Å². The molecule has 2 fully saturated rings. The van der Waals surface area contributed by atoms with E-state index in [2.05, 4.69) is 0 Å². The van der Waals surface area contributed by atoms with Crippen LogP contribution in [0.15, 0.2) is 0 Å². The minimum Gasteiger partial charge on any atom is -0.481 e. The molecule has 1 saturated heterocycles. The smallest absolute Gasteiger partial charge is 0.319 e. The standard InChI is InChI=1S/C14H23N3O4/c1-14(2)9(10(14)12(19)20)11(18)16-5-7-17(8-6-16)13(21)15(3)4/h9-10H,5-8H2,1-4H3,(H,19,20). The number of carbonyl (C=O) groups is 3. The lowest BCUT2D eigenvalue weighted by atomic mass is 10.1. The van der Waals surface area contributed by atoms with E-state index in [9.17, 15) is 14.4 Å². The van der Waals surface area contributed by atoms with Gasteiger partial charge in [0, 0.05) is 40.3 Å². The maximum absolute atomic E-state index is 12.4. The second kappa shape index (κ2) is 5.20. The van der Waals surface area contributed by atoms with Crippen LogP contribution in [0.2, 0.25) is 0 Å². The van der Waals surface area contributed by atoms with Gasteiger partial charge >= 0.3 is 12.0 Å². The minimum absolute atomic E-state index is 0.0581. The van der Waals surface area contributed by atoms with E-state index in [1.807, 2.05) is 13.8 Å². The molecular weight excluding hydrogens is 274 g/mol. The number of hydrogen-bond donors (Lipinski definition) is 1. The third-order valence-electron chi connectivity index (χ3n) is 4.60. The zero-order chi connectivity index (χ0) is 15.9. The molecule has 3 amide bonds. The van der Waals surface area contributed by atoms with Gasteiger partial charge in [-0.15, -0.1) is 0 Å². The molecule has 0 aromatic carbocycles. The van der Waals surface area contributed by atoms with E-state index in [4.69, 9.17) is 5.11 Å². The Morgan fingerprint density at radius 3 is 1.86 bits per heavy atom. The highest BCUT2D eigenvalue weighted by Crippen LogP contribution is 2.59. The Morgan fingerprint density at radius 2 is 1.48 bits per heavy atom. The first kappa shape index (κ1) is 15.6. The van der Waals surface area contributed by atoms with E-state index in [0.717, 1.165) is 0 Å². The van der Waals surface area contributed by atoms with E-state index in [1.165, 1.54) is 4.90 Å². The van der Waals surface area contributed by atoms with Crippen LogP contribution in [0, 0.1) is 17.3 Å². The van der Waals surface area contributed by atoms with Crippen molar-refractivity contribution in [2.75, 3.05) is 40.3 Å². The number of rotatable bonds is 2. The lowest BCUT2D eigenvalue weighted by molar-refractivity contribution is -0.142. The molecule has 1 aliphatic carbocycles. The SMILES string of the molecule is CN(C)C(=O)N1CCN(C(=O)C2C(C(=O)O)C2(C)C)CC1. The van der Waals surface area contributed by atoms with Crippen molar-refractivity contribution >= 4 is 17.9 Å². The van der Waals surface area contributed by atoms with Gasteiger partial charge in [0.15, 0.2) is 0 Å². The molecule has 2 rings (SSSR count). The molecular formula is C14H23N3O4. The number of nitrogens with zero attached hydrogens (tertiary/aromatic N) is 3. The number of amides is 3. The molecule has 2 unspecified atom stereocenters. The van der Waals surface area contributed by atoms with E-state index in [0.29, 0.717) is 26.2 Å². The zero-order valence-corrected chi connectivity index (χ0v) is 13.0. The molecule has 1 N–H and O–H groups in total. The van der Waals surface area contributed by atoms with Crippen molar-refractivity contribution < 1.29 is 19.5 Å². The van der Waals surface area contributed by atoms with Crippen LogP contribution in [0.4, 0.5) is 4.79 Å². The van der Waals surface area contributed by atoms with E-state index < -0.39 is 23.2 Å². The quantitative estimate of drug-likeness (QED) is 0.788. The number of carboxylic acids is 1. The summed E-state index contributed by atoms with van der Waals surface area (Å²) >= 11 is 0. The first-order valence-electron chi connectivity index (χ1n) is 7.15. The van der Waals surface area contributed by atoms with E-state index in [-0.39, 0.29) is 11.9 Å². The Bertz CT molecular complexity index is 467. The van der Waals surface area contributed by atoms with Crippen molar-refractivity contribution in [2.45, 2.75) is 13.8 Å². The molecule has 1 aliphatic heterocycles. The summed E-state index contributed by atoms with van der Waals surface area (Å²) in [6.45, 7) is 5.57. The Kier molecular flexibility index (Phi) is 3.86. The number of carbonyl (C=O) groups excluding carboxylic acids is 2. The van der Waals surface area contributed by atoms with Gasteiger partial charge in [0.2, 0.25) is 5.91 Å². The first-order chi connectivity index (χ1) is 9.67. The number of aliphatic carboxylic acids is 1. The van der Waals surface area contributed by atoms with E-state index in [1.54, 1.807) is 23.9 Å². The Morgan fingerprint density at radius 1 is 1.00 bits per heavy atom. The molecule has 0 spiro atoms. The topological polar surface area (TPSA) is 81.2 Å². The number of piperazine rings is 1. The molecule has 7 nitrogen and oxygen atoms in total. The predicted molar refractivity (Wildman–Crippen MR) is 75.6 cm³/mol. The molecule has 1 heterocycles. The second-order valence-corrected chi connectivity index (χ2v) is 6.60. The fraction of sp³-hybridized carbons (Fsp3) is 0.786. The summed E-state index contributed by atoms with van der Waals surface area (Å²) in [5.41, 5.74) is -0.473. The third kappa shape index (κ3) is 2.69. The van der Waals surface area contributed by atoms with Crippen molar-refractivity contribution in [1.82, 2.24) is 14.7 Å². The molecule has 0 bridgehead atoms. The monoisotopic (exact) mass is 297 g/mol. The fourth-order valence-corrected chi connectivity index (χ4v) is 3.16. The molecule has 0 radical (unpaired) electrons. The van der Waals surface area contributed by atoms with Crippen molar-refractivity contribution in [3.63, 3.8) is 0 Å². The lowest BCUT2D eigenvalue weighted by Crippen LogP contribution is -2.53. The third-order valence-corrected chi connectivity index (χ3v) is 4.60. The van der Waals surface area contributed by atoms with Crippen LogP contribution in [-0.2, 0) is 9.59 Å². The summed E-state index contributed by atoms with van der Waals surface area (Å²) in [6.07, 6.45) is 0. The fourth-order valence-electron chi connectivity index (χ4n) is 3.16. The number of urea groups is 1. The number of carboxylic acid groups (broad SMARTS) is 1. The summed E-state index contributed by atoms with van der Waals surface area (Å²) in [5.74, 6) is -2.03. The first-order valence-corrected chi connectivity index (χ1v) is 7.15. The summed E-state index contributed by atoms with van der Waals surface area (Å²) in [4.78, 5) is 40.4. The molecule has 21 heavy (non-hydrogen) atoms. The van der Waals surface area contributed by atoms with Gasteiger partial charge in [-0.1, -0.05) is 13.8 Å². The van der Waals surface area contributed by atoms with Gasteiger partial charge in [0.1, 0.15) is 0 Å². The van der Waals surface area contributed by atoms with Crippen LogP contribution < -0.4 is 0 Å². The van der Waals surface area contributed by atoms with Crippen molar-refractivity contribution in [2.24, 2.45) is 17.3 Å². The maximum atomic E-state index is 12.4. The van der Waals surface area contributed by atoms with Crippen molar-refractivity contribution in [3.05, 3.63) is 0 Å². The Labute approximate surface area is 124 Å². The second-order valence-electron chi connectivity index (χ2n) is 6.60. The summed E-state index contributed by atoms with van der Waals surface area (Å²) in [7, 11) is 3.40. The molecule has 2 atom stereocenters. The molecule has 2 aliphatic rings. The highest BCUT2D eigenvalue weighted by atomic mass is 16.4. The van der Waals surface area contributed by atoms with Gasteiger partial charge in [0.05, 0.1) is 11.8 Å². The summed E-state index contributed by atoms with van der Waals surface area (Å²) in [5, 5.41) is 9.15. The zero-order valence-electron chi connectivity index (χ0n) is 13.0. The highest BCUT2D eigenvalue weighted by molar-refractivity contribution is 5.91. The molecule has 7 heteroatoms. The molecule has 1 saturated carbocycles. The summed E-state index contributed by atoms with van der Waals surface area (Å²) < 4.78 is 0. The molecule has 0 aromatic heterocycles. The van der Waals surface area contributed by atoms with Gasteiger partial charge in [-0.05, 0) is 5.41 Å². The summed E-state index contributed by atoms with van der Waals surface area (Å²) in [6, 6.07) is -0.0581. The van der Waals surface area contributed by atoms with Crippen molar-refractivity contribution in [1.29, 1.82) is 0 Å². The van der Waals surface area contributed by atoms with Crippen LogP contribution in [0.3, 0.4) is 0 Å². The van der Waals surface area contributed by atoms with Crippen LogP contribution in [-0.4, -0.2) is 78.0 Å². The largest absolute Gasteiger partial charge is 0.481 e. The normalized spacial score (nSPS) is 27.2. The van der Waals surface area contributed by atoms with E-state index >= 15 is 0 Å². The van der Waals surface area contributed by atoms with Crippen molar-refractivity contribution in [3.8, 4) is 0 Å². The maximum Gasteiger partial charge on any atom is 0.319 e. The molecule has 118 valence electrons. The van der Waals surface area contributed by atoms with Gasteiger partial charge < -0.3 is 19.8 Å². The highest BCUT2D eigenvalue weighted by Gasteiger charge is 2.66. The van der Waals surface area contributed by atoms with Crippen LogP contribution in [0.1, 0.15) is 13.8 Å². The average Bonchev–Trinajstić information content (AvgIpc) is 3.00. The van der Waals surface area contributed by atoms with Gasteiger partial charge in [-0.3, -0.25) is 9.59 Å². The van der Waals surface area contributed by atoms with Gasteiger partial charge in [0.25, 0.3) is 0 Å². The van der Waals surface area contributed by atoms with Crippen LogP contribution in [0.25, 0.3) is 0 Å². The lowest BCUT2D eigenvalue weighted by Gasteiger charge is -2.36. The van der Waals surface area contributed by atoms with Gasteiger partial charge in [-0.2, -0.15) is 0 Å².